The average Bonchev–Trinajstić information content (AvgIpc) is 3.00. The molecule has 4 aliphatic carbocycles. The van der Waals surface area contributed by atoms with Crippen molar-refractivity contribution in [2.24, 2.45) is 52.3 Å². The van der Waals surface area contributed by atoms with Crippen LogP contribution >= 0.6 is 0 Å². The van der Waals surface area contributed by atoms with E-state index in [1.165, 1.54) is 44.9 Å². The lowest BCUT2D eigenvalue weighted by atomic mass is 9.44. The minimum atomic E-state index is -0.245. The summed E-state index contributed by atoms with van der Waals surface area (Å²) in [4.78, 5) is 13.2. The molecule has 1 N–H and O–H groups in total. The minimum absolute atomic E-state index is 0.129. The maximum absolute atomic E-state index is 13.2. The SMILES string of the molecule is CC(C)CCC[C@@H](C)[C@H]1CCC2C3CC(=O)[C@H]4C[C@@H](O)CC[C@]4(C)C3CC[C@@]21C. The van der Waals surface area contributed by atoms with E-state index in [1.54, 1.807) is 0 Å². The van der Waals surface area contributed by atoms with Crippen LogP contribution in [0.1, 0.15) is 105 Å². The van der Waals surface area contributed by atoms with Crippen LogP contribution in [0.5, 0.6) is 0 Å². The molecule has 4 saturated carbocycles. The van der Waals surface area contributed by atoms with Crippen LogP contribution in [0.25, 0.3) is 0 Å². The van der Waals surface area contributed by atoms with Crippen molar-refractivity contribution in [1.82, 2.24) is 0 Å². The zero-order chi connectivity index (χ0) is 21.0. The molecular weight excluding hydrogens is 356 g/mol. The van der Waals surface area contributed by atoms with Crippen LogP contribution < -0.4 is 0 Å². The molecule has 0 aromatic carbocycles. The van der Waals surface area contributed by atoms with Crippen molar-refractivity contribution in [2.75, 3.05) is 0 Å². The Balaban J connectivity index is 1.50. The zero-order valence-corrected chi connectivity index (χ0v) is 19.8. The van der Waals surface area contributed by atoms with Crippen LogP contribution in [0.2, 0.25) is 0 Å². The standard InChI is InChI=1S/C27H46O2/c1-17(2)7-6-8-18(3)21-9-10-22-20-16-25(29)24-15-19(28)11-13-27(24,5)23(20)12-14-26(21,22)4/h17-24,28H,6-16H2,1-5H3/t18-,19+,20?,21-,22?,23?,24-,26-,27-/m1/s1. The lowest BCUT2D eigenvalue weighted by Gasteiger charge is -2.60. The lowest BCUT2D eigenvalue weighted by Crippen LogP contribution is -2.57. The first kappa shape index (κ1) is 21.8. The Morgan fingerprint density at radius 3 is 2.38 bits per heavy atom. The molecule has 0 radical (unpaired) electrons. The van der Waals surface area contributed by atoms with Crippen molar-refractivity contribution in [3.63, 3.8) is 0 Å². The van der Waals surface area contributed by atoms with Gasteiger partial charge in [0.15, 0.2) is 0 Å². The number of rotatable bonds is 5. The van der Waals surface area contributed by atoms with Gasteiger partial charge in [-0.3, -0.25) is 4.79 Å². The van der Waals surface area contributed by atoms with Crippen molar-refractivity contribution in [1.29, 1.82) is 0 Å². The maximum atomic E-state index is 13.2. The van der Waals surface area contributed by atoms with Gasteiger partial charge >= 0.3 is 0 Å². The van der Waals surface area contributed by atoms with Gasteiger partial charge < -0.3 is 5.11 Å². The summed E-state index contributed by atoms with van der Waals surface area (Å²) in [5.74, 6) is 5.21. The van der Waals surface area contributed by atoms with Gasteiger partial charge in [-0.2, -0.15) is 0 Å². The van der Waals surface area contributed by atoms with Gasteiger partial charge in [-0.15, -0.1) is 0 Å². The number of hydrogen-bond acceptors (Lipinski definition) is 2. The van der Waals surface area contributed by atoms with Gasteiger partial charge in [0.25, 0.3) is 0 Å². The molecule has 0 aromatic heterocycles. The Hall–Kier alpha value is -0.370. The van der Waals surface area contributed by atoms with Crippen LogP contribution in [0.15, 0.2) is 0 Å². The fourth-order valence-corrected chi connectivity index (χ4v) is 9.04. The summed E-state index contributed by atoms with van der Waals surface area (Å²) in [6.07, 6.45) is 12.8. The smallest absolute Gasteiger partial charge is 0.136 e. The molecule has 0 heterocycles. The van der Waals surface area contributed by atoms with E-state index in [-0.39, 0.29) is 17.4 Å². The molecule has 29 heavy (non-hydrogen) atoms. The van der Waals surface area contributed by atoms with Crippen LogP contribution in [-0.4, -0.2) is 17.0 Å². The highest BCUT2D eigenvalue weighted by Crippen LogP contribution is 2.67. The third-order valence-corrected chi connectivity index (χ3v) is 10.6. The number of aliphatic hydroxyl groups excluding tert-OH is 1. The van der Waals surface area contributed by atoms with Gasteiger partial charge in [0.2, 0.25) is 0 Å². The van der Waals surface area contributed by atoms with Crippen molar-refractivity contribution in [2.45, 2.75) is 111 Å². The Morgan fingerprint density at radius 1 is 0.966 bits per heavy atom. The van der Waals surface area contributed by atoms with Crippen LogP contribution in [-0.2, 0) is 4.79 Å². The highest BCUT2D eigenvalue weighted by atomic mass is 16.3. The summed E-state index contributed by atoms with van der Waals surface area (Å²) in [5, 5.41) is 10.2. The van der Waals surface area contributed by atoms with Crippen molar-refractivity contribution < 1.29 is 9.90 Å². The molecule has 0 aromatic rings. The summed E-state index contributed by atoms with van der Waals surface area (Å²) in [6, 6.07) is 0. The Bertz CT molecular complexity index is 612. The summed E-state index contributed by atoms with van der Waals surface area (Å²) >= 11 is 0. The van der Waals surface area contributed by atoms with Crippen molar-refractivity contribution in [3.8, 4) is 0 Å². The fraction of sp³-hybridized carbons (Fsp3) is 0.963. The molecule has 0 amide bonds. The molecule has 0 saturated heterocycles. The first-order chi connectivity index (χ1) is 13.7. The number of Topliss-reactive ketones (excluding diaryl/α,β-unsaturated/α-hetero) is 1. The molecule has 4 fully saturated rings. The third-order valence-electron chi connectivity index (χ3n) is 10.6. The Morgan fingerprint density at radius 2 is 1.66 bits per heavy atom. The maximum Gasteiger partial charge on any atom is 0.136 e. The van der Waals surface area contributed by atoms with Gasteiger partial charge in [0, 0.05) is 12.3 Å². The molecule has 0 aliphatic heterocycles. The predicted octanol–water partition coefficient (Wildman–Crippen LogP) is 6.65. The molecular formula is C27H46O2. The molecule has 3 unspecified atom stereocenters. The average molecular weight is 403 g/mol. The largest absolute Gasteiger partial charge is 0.393 e. The van der Waals surface area contributed by atoms with E-state index in [4.69, 9.17) is 0 Å². The molecule has 4 rings (SSSR count). The topological polar surface area (TPSA) is 37.3 Å². The molecule has 4 aliphatic rings. The van der Waals surface area contributed by atoms with E-state index in [9.17, 15) is 9.90 Å². The number of carbonyl (C=O) groups excluding carboxylic acids is 1. The lowest BCUT2D eigenvalue weighted by molar-refractivity contribution is -0.160. The zero-order valence-electron chi connectivity index (χ0n) is 19.8. The molecule has 9 atom stereocenters. The van der Waals surface area contributed by atoms with Gasteiger partial charge in [-0.05, 0) is 91.3 Å². The second kappa shape index (κ2) is 7.95. The van der Waals surface area contributed by atoms with E-state index < -0.39 is 0 Å². The monoisotopic (exact) mass is 402 g/mol. The van der Waals surface area contributed by atoms with E-state index in [0.29, 0.717) is 23.0 Å². The van der Waals surface area contributed by atoms with E-state index in [2.05, 4.69) is 34.6 Å². The molecule has 2 nitrogen and oxygen atoms in total. The summed E-state index contributed by atoms with van der Waals surface area (Å²) in [6.45, 7) is 12.2. The van der Waals surface area contributed by atoms with Crippen molar-refractivity contribution in [3.05, 3.63) is 0 Å². The normalized spacial score (nSPS) is 48.2. The minimum Gasteiger partial charge on any atom is -0.393 e. The first-order valence-corrected chi connectivity index (χ1v) is 12.9. The number of fused-ring (bicyclic) bond motifs is 5. The van der Waals surface area contributed by atoms with Gasteiger partial charge in [0.1, 0.15) is 5.78 Å². The van der Waals surface area contributed by atoms with E-state index >= 15 is 0 Å². The number of hydrogen-bond donors (Lipinski definition) is 1. The molecule has 2 heteroatoms. The molecule has 0 spiro atoms. The third kappa shape index (κ3) is 3.64. The summed E-state index contributed by atoms with van der Waals surface area (Å²) < 4.78 is 0. The molecule has 166 valence electrons. The Kier molecular flexibility index (Phi) is 5.99. The highest BCUT2D eigenvalue weighted by molar-refractivity contribution is 5.83. The second-order valence-corrected chi connectivity index (χ2v) is 12.6. The highest BCUT2D eigenvalue weighted by Gasteiger charge is 2.62. The second-order valence-electron chi connectivity index (χ2n) is 12.6. The fourth-order valence-electron chi connectivity index (χ4n) is 9.04. The van der Waals surface area contributed by atoms with E-state index in [1.807, 2.05) is 0 Å². The summed E-state index contributed by atoms with van der Waals surface area (Å²) in [5.41, 5.74) is 0.609. The summed E-state index contributed by atoms with van der Waals surface area (Å²) in [7, 11) is 0. The number of ketones is 1. The first-order valence-electron chi connectivity index (χ1n) is 12.9. The van der Waals surface area contributed by atoms with Gasteiger partial charge in [-0.25, -0.2) is 0 Å². The quantitative estimate of drug-likeness (QED) is 0.559. The number of carbonyl (C=O) groups is 1. The molecule has 0 bridgehead atoms. The van der Waals surface area contributed by atoms with Crippen LogP contribution in [0, 0.1) is 52.3 Å². The van der Waals surface area contributed by atoms with Gasteiger partial charge in [0.05, 0.1) is 6.10 Å². The van der Waals surface area contributed by atoms with Crippen LogP contribution in [0.4, 0.5) is 0 Å². The Labute approximate surface area is 179 Å². The number of aliphatic hydroxyl groups is 1. The predicted molar refractivity (Wildman–Crippen MR) is 119 cm³/mol. The van der Waals surface area contributed by atoms with E-state index in [0.717, 1.165) is 49.4 Å². The van der Waals surface area contributed by atoms with Crippen molar-refractivity contribution >= 4 is 5.78 Å². The van der Waals surface area contributed by atoms with Gasteiger partial charge in [-0.1, -0.05) is 53.9 Å². The van der Waals surface area contributed by atoms with Crippen LogP contribution in [0.3, 0.4) is 0 Å².